The first-order valence-corrected chi connectivity index (χ1v) is 9.94. The van der Waals surface area contributed by atoms with Gasteiger partial charge in [0.15, 0.2) is 0 Å². The lowest BCUT2D eigenvalue weighted by atomic mass is 9.85. The van der Waals surface area contributed by atoms with Gasteiger partial charge in [0.25, 0.3) is 0 Å². The molecule has 1 aromatic rings. The fourth-order valence-corrected chi connectivity index (χ4v) is 4.38. The maximum Gasteiger partial charge on any atom is 0.233 e. The van der Waals surface area contributed by atoms with E-state index in [0.29, 0.717) is 30.2 Å². The summed E-state index contributed by atoms with van der Waals surface area (Å²) in [7, 11) is 1.87. The van der Waals surface area contributed by atoms with E-state index in [1.807, 2.05) is 26.8 Å². The van der Waals surface area contributed by atoms with Gasteiger partial charge in [-0.1, -0.05) is 32.4 Å². The van der Waals surface area contributed by atoms with Crippen LogP contribution >= 0.6 is 22.3 Å². The quantitative estimate of drug-likeness (QED) is 0.639. The Hall–Kier alpha value is -0.450. The van der Waals surface area contributed by atoms with Crippen LogP contribution in [0.15, 0.2) is 18.2 Å². The molecule has 120 valence electrons. The van der Waals surface area contributed by atoms with E-state index in [0.717, 1.165) is 12.0 Å². The lowest BCUT2D eigenvalue weighted by Gasteiger charge is -2.30. The van der Waals surface area contributed by atoms with Crippen molar-refractivity contribution in [1.29, 1.82) is 0 Å². The fourth-order valence-electron chi connectivity index (χ4n) is 2.21. The van der Waals surface area contributed by atoms with Crippen LogP contribution in [0.2, 0.25) is 5.02 Å². The zero-order valence-electron chi connectivity index (χ0n) is 12.7. The Bertz CT molecular complexity index is 566. The van der Waals surface area contributed by atoms with Crippen LogP contribution in [0.5, 0.6) is 5.75 Å². The average Bonchev–Trinajstić information content (AvgIpc) is 2.43. The van der Waals surface area contributed by atoms with Crippen LogP contribution in [0.4, 0.5) is 0 Å². The standard InChI is InChI=1S/C15H22Cl2O3S/c1-4-12-9-13(7-8-14(12)16)20-10-15(5-2,6-3)11-21(17,18)19/h7-9H,4-6,10-11H2,1-3H3. The first-order valence-electron chi connectivity index (χ1n) is 7.09. The molecule has 0 heterocycles. The second-order valence-electron chi connectivity index (χ2n) is 5.29. The summed E-state index contributed by atoms with van der Waals surface area (Å²) in [5.41, 5.74) is 0.546. The zero-order chi connectivity index (χ0) is 16.1. The highest BCUT2D eigenvalue weighted by Gasteiger charge is 2.32. The van der Waals surface area contributed by atoms with Crippen LogP contribution in [0.1, 0.15) is 39.2 Å². The molecule has 0 N–H and O–H groups in total. The predicted octanol–water partition coefficient (Wildman–Crippen LogP) is 4.66. The number of hydrogen-bond acceptors (Lipinski definition) is 3. The molecule has 1 aromatic carbocycles. The topological polar surface area (TPSA) is 43.4 Å². The van der Waals surface area contributed by atoms with Crippen molar-refractivity contribution in [3.05, 3.63) is 28.8 Å². The van der Waals surface area contributed by atoms with Gasteiger partial charge in [0.2, 0.25) is 9.05 Å². The van der Waals surface area contributed by atoms with Gasteiger partial charge < -0.3 is 4.74 Å². The second-order valence-corrected chi connectivity index (χ2v) is 8.47. The number of hydrogen-bond donors (Lipinski definition) is 0. The van der Waals surface area contributed by atoms with Crippen LogP contribution < -0.4 is 4.74 Å². The molecular formula is C15H22Cl2O3S. The van der Waals surface area contributed by atoms with Crippen LogP contribution in [-0.4, -0.2) is 20.8 Å². The lowest BCUT2D eigenvalue weighted by Crippen LogP contribution is -2.33. The van der Waals surface area contributed by atoms with E-state index in [1.54, 1.807) is 12.1 Å². The lowest BCUT2D eigenvalue weighted by molar-refractivity contribution is 0.155. The summed E-state index contributed by atoms with van der Waals surface area (Å²) in [5, 5.41) is 0.713. The largest absolute Gasteiger partial charge is 0.493 e. The Labute approximate surface area is 137 Å². The highest BCUT2D eigenvalue weighted by molar-refractivity contribution is 8.13. The molecule has 0 aromatic heterocycles. The number of ether oxygens (including phenoxy) is 1. The van der Waals surface area contributed by atoms with Crippen molar-refractivity contribution in [1.82, 2.24) is 0 Å². The van der Waals surface area contributed by atoms with Crippen molar-refractivity contribution < 1.29 is 13.2 Å². The van der Waals surface area contributed by atoms with Crippen molar-refractivity contribution in [2.45, 2.75) is 40.0 Å². The van der Waals surface area contributed by atoms with E-state index in [1.165, 1.54) is 0 Å². The molecule has 0 unspecified atom stereocenters. The van der Waals surface area contributed by atoms with Crippen molar-refractivity contribution in [3.63, 3.8) is 0 Å². The van der Waals surface area contributed by atoms with E-state index in [-0.39, 0.29) is 5.75 Å². The van der Waals surface area contributed by atoms with E-state index < -0.39 is 14.5 Å². The Morgan fingerprint density at radius 1 is 1.19 bits per heavy atom. The Morgan fingerprint density at radius 2 is 1.81 bits per heavy atom. The molecule has 0 aliphatic carbocycles. The van der Waals surface area contributed by atoms with Crippen molar-refractivity contribution in [2.24, 2.45) is 5.41 Å². The molecule has 0 saturated carbocycles. The minimum atomic E-state index is -3.56. The number of halogens is 2. The Kier molecular flexibility index (Phi) is 6.82. The van der Waals surface area contributed by atoms with Crippen molar-refractivity contribution in [2.75, 3.05) is 12.4 Å². The molecule has 3 nitrogen and oxygen atoms in total. The molecule has 6 heteroatoms. The molecule has 0 fully saturated rings. The van der Waals surface area contributed by atoms with Gasteiger partial charge in [-0.3, -0.25) is 0 Å². The number of benzene rings is 1. The van der Waals surface area contributed by atoms with Gasteiger partial charge in [0, 0.05) is 21.1 Å². The number of rotatable bonds is 8. The highest BCUT2D eigenvalue weighted by Crippen LogP contribution is 2.31. The number of aryl methyl sites for hydroxylation is 1. The second kappa shape index (κ2) is 7.70. The van der Waals surface area contributed by atoms with Gasteiger partial charge in [-0.05, 0) is 43.0 Å². The predicted molar refractivity (Wildman–Crippen MR) is 89.0 cm³/mol. The maximum atomic E-state index is 11.4. The van der Waals surface area contributed by atoms with Gasteiger partial charge in [0.1, 0.15) is 5.75 Å². The Balaban J connectivity index is 2.87. The molecule has 0 amide bonds. The average molecular weight is 353 g/mol. The minimum Gasteiger partial charge on any atom is -0.493 e. The summed E-state index contributed by atoms with van der Waals surface area (Å²) in [4.78, 5) is 0. The zero-order valence-corrected chi connectivity index (χ0v) is 15.0. The van der Waals surface area contributed by atoms with E-state index in [2.05, 4.69) is 0 Å². The third-order valence-corrected chi connectivity index (χ3v) is 5.57. The van der Waals surface area contributed by atoms with Crippen molar-refractivity contribution >= 4 is 31.3 Å². The van der Waals surface area contributed by atoms with Gasteiger partial charge in [-0.2, -0.15) is 0 Å². The summed E-state index contributed by atoms with van der Waals surface area (Å²) >= 11 is 6.08. The molecular weight excluding hydrogens is 331 g/mol. The Morgan fingerprint density at radius 3 is 2.29 bits per heavy atom. The van der Waals surface area contributed by atoms with Gasteiger partial charge in [-0.25, -0.2) is 8.42 Å². The summed E-state index contributed by atoms with van der Waals surface area (Å²) in [6.07, 6.45) is 2.19. The molecule has 0 atom stereocenters. The van der Waals surface area contributed by atoms with Gasteiger partial charge in [0.05, 0.1) is 12.4 Å². The monoisotopic (exact) mass is 352 g/mol. The van der Waals surface area contributed by atoms with E-state index in [4.69, 9.17) is 27.0 Å². The molecule has 0 bridgehead atoms. The highest BCUT2D eigenvalue weighted by atomic mass is 35.7. The summed E-state index contributed by atoms with van der Waals surface area (Å²) in [5.74, 6) is 0.623. The van der Waals surface area contributed by atoms with Crippen molar-refractivity contribution in [3.8, 4) is 5.75 Å². The van der Waals surface area contributed by atoms with Gasteiger partial charge >= 0.3 is 0 Å². The normalized spacial score (nSPS) is 12.4. The first kappa shape index (κ1) is 18.6. The van der Waals surface area contributed by atoms with Crippen LogP contribution in [0.3, 0.4) is 0 Å². The van der Waals surface area contributed by atoms with Crippen LogP contribution in [0, 0.1) is 5.41 Å². The molecule has 0 spiro atoms. The SMILES string of the molecule is CCc1cc(OCC(CC)(CC)CS(=O)(=O)Cl)ccc1Cl. The van der Waals surface area contributed by atoms with Crippen LogP contribution in [-0.2, 0) is 15.5 Å². The molecule has 0 saturated heterocycles. The molecule has 1 rings (SSSR count). The first-order chi connectivity index (χ1) is 9.75. The summed E-state index contributed by atoms with van der Waals surface area (Å²) in [6, 6.07) is 5.49. The fraction of sp³-hybridized carbons (Fsp3) is 0.600. The third kappa shape index (κ3) is 5.68. The summed E-state index contributed by atoms with van der Waals surface area (Å²) in [6.45, 7) is 6.24. The van der Waals surface area contributed by atoms with E-state index in [9.17, 15) is 8.42 Å². The third-order valence-electron chi connectivity index (χ3n) is 3.92. The van der Waals surface area contributed by atoms with Gasteiger partial charge in [-0.15, -0.1) is 0 Å². The maximum absolute atomic E-state index is 11.4. The minimum absolute atomic E-state index is 0.0806. The van der Waals surface area contributed by atoms with E-state index >= 15 is 0 Å². The molecule has 0 aliphatic heterocycles. The summed E-state index contributed by atoms with van der Waals surface area (Å²) < 4.78 is 28.6. The smallest absolute Gasteiger partial charge is 0.233 e. The van der Waals surface area contributed by atoms with Crippen LogP contribution in [0.25, 0.3) is 0 Å². The molecule has 0 aliphatic rings. The molecule has 0 radical (unpaired) electrons. The molecule has 21 heavy (non-hydrogen) atoms.